The Balaban J connectivity index is 2.86. The van der Waals surface area contributed by atoms with Gasteiger partial charge in [0.05, 0.1) is 0 Å². The molecule has 0 bridgehead atoms. The molecule has 0 atom stereocenters. The first-order valence-electron chi connectivity index (χ1n) is 3.34. The first-order chi connectivity index (χ1) is 5.42. The second kappa shape index (κ2) is 2.30. The Kier molecular flexibility index (Phi) is 1.32. The average molecular weight is 143 g/mol. The minimum atomic E-state index is 0.896. The van der Waals surface area contributed by atoms with Crippen LogP contribution >= 0.6 is 0 Å². The van der Waals surface area contributed by atoms with E-state index in [1.54, 1.807) is 11.6 Å². The molecule has 0 unspecified atom stereocenters. The van der Waals surface area contributed by atoms with Crippen molar-refractivity contribution in [3.8, 4) is 0 Å². The Morgan fingerprint density at radius 2 is 2.18 bits per heavy atom. The maximum atomic E-state index is 3.93. The van der Waals surface area contributed by atoms with Crippen LogP contribution in [-0.4, -0.2) is 28.4 Å². The van der Waals surface area contributed by atoms with Gasteiger partial charge in [-0.1, -0.05) is 0 Å². The topological polar surface area (TPSA) is 30.7 Å². The third kappa shape index (κ3) is 0.870. The predicted molar refractivity (Wildman–Crippen MR) is 45.8 cm³/mol. The van der Waals surface area contributed by atoms with Crippen LogP contribution in [0.25, 0.3) is 11.0 Å². The second-order valence-corrected chi connectivity index (χ2v) is 2.21. The van der Waals surface area contributed by atoms with Crippen molar-refractivity contribution in [2.24, 2.45) is 0 Å². The zero-order chi connectivity index (χ0) is 7.68. The molecule has 2 aromatic rings. The predicted octanol–water partition coefficient (Wildman–Crippen LogP) is 0.331. The summed E-state index contributed by atoms with van der Waals surface area (Å²) >= 11 is 0. The van der Waals surface area contributed by atoms with Crippen LogP contribution < -0.4 is 0 Å². The van der Waals surface area contributed by atoms with Crippen molar-refractivity contribution >= 4 is 24.6 Å². The molecule has 0 N–H and O–H groups in total. The number of aromatic nitrogens is 3. The fraction of sp³-hybridized carbons (Fsp3) is 0. The van der Waals surface area contributed by atoms with Crippen molar-refractivity contribution in [3.05, 3.63) is 24.3 Å². The quantitative estimate of drug-likeness (QED) is 0.538. The molecule has 4 heteroatoms. The summed E-state index contributed by atoms with van der Waals surface area (Å²) in [6.45, 7) is 3.61. The van der Waals surface area contributed by atoms with Crippen LogP contribution in [0.4, 0.5) is 0 Å². The summed E-state index contributed by atoms with van der Waals surface area (Å²) in [6.07, 6.45) is 0. The molecule has 0 amide bonds. The van der Waals surface area contributed by atoms with Gasteiger partial charge in [0, 0.05) is 0 Å². The summed E-state index contributed by atoms with van der Waals surface area (Å²) in [5, 5.41) is 7.79. The molecule has 0 saturated heterocycles. The number of para-hydroxylation sites is 1. The zero-order valence-corrected chi connectivity index (χ0v) is 5.94. The first-order valence-corrected chi connectivity index (χ1v) is 3.34. The van der Waals surface area contributed by atoms with E-state index in [1.807, 2.05) is 24.3 Å². The summed E-state index contributed by atoms with van der Waals surface area (Å²) in [5.74, 6) is 0. The molecule has 52 valence electrons. The number of nitrogens with zero attached hydrogens (tertiary/aromatic N) is 3. The molecule has 0 saturated carbocycles. The molecule has 0 aliphatic heterocycles. The van der Waals surface area contributed by atoms with Crippen LogP contribution in [0.2, 0.25) is 0 Å². The first kappa shape index (κ1) is 6.28. The number of rotatable bonds is 1. The fourth-order valence-corrected chi connectivity index (χ4v) is 1.02. The monoisotopic (exact) mass is 143 g/mol. The number of hydrogen-bond donors (Lipinski definition) is 0. The molecule has 3 nitrogen and oxygen atoms in total. The molecule has 11 heavy (non-hydrogen) atoms. The van der Waals surface area contributed by atoms with Gasteiger partial charge in [-0.15, -0.1) is 0 Å². The van der Waals surface area contributed by atoms with Gasteiger partial charge >= 0.3 is 63.7 Å². The standard InChI is InChI=1S/C7H6BN3/c1-8-11-7-5-3-2-4-6(7)9-10-11/h2-5H,1H2. The van der Waals surface area contributed by atoms with Gasteiger partial charge in [0.2, 0.25) is 0 Å². The molecule has 1 aromatic carbocycles. The van der Waals surface area contributed by atoms with Gasteiger partial charge < -0.3 is 0 Å². The van der Waals surface area contributed by atoms with Crippen molar-refractivity contribution in [2.75, 3.05) is 0 Å². The SMILES string of the molecule is C=Bn1nnc2ccccc21. The van der Waals surface area contributed by atoms with E-state index in [4.69, 9.17) is 0 Å². The summed E-state index contributed by atoms with van der Waals surface area (Å²) in [5.41, 5.74) is 1.88. The Morgan fingerprint density at radius 3 is 3.00 bits per heavy atom. The van der Waals surface area contributed by atoms with E-state index in [9.17, 15) is 0 Å². The Labute approximate surface area is 64.6 Å². The normalized spacial score (nSPS) is 9.82. The average Bonchev–Trinajstić information content (AvgIpc) is 2.47. The molecular formula is C7H6BN3. The van der Waals surface area contributed by atoms with Crippen molar-refractivity contribution in [3.63, 3.8) is 0 Å². The van der Waals surface area contributed by atoms with Crippen LogP contribution in [0.5, 0.6) is 0 Å². The second-order valence-electron chi connectivity index (χ2n) is 2.21. The van der Waals surface area contributed by atoms with Gasteiger partial charge in [-0.05, 0) is 0 Å². The van der Waals surface area contributed by atoms with E-state index in [2.05, 4.69) is 16.8 Å². The van der Waals surface area contributed by atoms with Gasteiger partial charge in [0.15, 0.2) is 0 Å². The van der Waals surface area contributed by atoms with Crippen molar-refractivity contribution in [1.82, 2.24) is 14.9 Å². The molecule has 0 aliphatic carbocycles. The molecular weight excluding hydrogens is 137 g/mol. The van der Waals surface area contributed by atoms with E-state index in [-0.39, 0.29) is 0 Å². The van der Waals surface area contributed by atoms with Gasteiger partial charge in [-0.3, -0.25) is 0 Å². The zero-order valence-electron chi connectivity index (χ0n) is 5.94. The minimum absolute atomic E-state index is 0.896. The van der Waals surface area contributed by atoms with Crippen LogP contribution in [0.3, 0.4) is 0 Å². The third-order valence-electron chi connectivity index (χ3n) is 1.55. The molecule has 0 fully saturated rings. The van der Waals surface area contributed by atoms with E-state index in [0.717, 1.165) is 11.0 Å². The van der Waals surface area contributed by atoms with Crippen LogP contribution in [0.15, 0.2) is 24.3 Å². The summed E-state index contributed by atoms with van der Waals surface area (Å²) in [4.78, 5) is 0. The molecule has 0 aliphatic rings. The summed E-state index contributed by atoms with van der Waals surface area (Å²) in [7, 11) is 1.63. The van der Waals surface area contributed by atoms with Gasteiger partial charge in [-0.2, -0.15) is 0 Å². The van der Waals surface area contributed by atoms with Crippen LogP contribution in [-0.2, 0) is 0 Å². The third-order valence-corrected chi connectivity index (χ3v) is 1.55. The van der Waals surface area contributed by atoms with E-state index in [0.29, 0.717) is 0 Å². The molecule has 1 aromatic heterocycles. The maximum absolute atomic E-state index is 3.93. The van der Waals surface area contributed by atoms with Crippen LogP contribution in [0, 0.1) is 0 Å². The Morgan fingerprint density at radius 1 is 1.36 bits per heavy atom. The van der Waals surface area contributed by atoms with Gasteiger partial charge in [0.1, 0.15) is 0 Å². The molecule has 1 heterocycles. The molecule has 2 rings (SSSR count). The Bertz CT molecular complexity index is 393. The molecule has 0 radical (unpaired) electrons. The number of hydrogen-bond acceptors (Lipinski definition) is 2. The van der Waals surface area contributed by atoms with Crippen LogP contribution in [0.1, 0.15) is 0 Å². The van der Waals surface area contributed by atoms with Crippen molar-refractivity contribution in [1.29, 1.82) is 0 Å². The van der Waals surface area contributed by atoms with Gasteiger partial charge in [-0.25, -0.2) is 0 Å². The van der Waals surface area contributed by atoms with E-state index in [1.165, 1.54) is 0 Å². The summed E-state index contributed by atoms with van der Waals surface area (Å²) < 4.78 is 1.65. The van der Waals surface area contributed by atoms with E-state index < -0.39 is 0 Å². The van der Waals surface area contributed by atoms with Gasteiger partial charge in [0.25, 0.3) is 0 Å². The summed E-state index contributed by atoms with van der Waals surface area (Å²) in [6, 6.07) is 7.76. The van der Waals surface area contributed by atoms with E-state index >= 15 is 0 Å². The molecule has 0 spiro atoms. The number of benzene rings is 1. The fourth-order valence-electron chi connectivity index (χ4n) is 1.02. The Hall–Kier alpha value is -1.45. The van der Waals surface area contributed by atoms with Crippen molar-refractivity contribution in [2.45, 2.75) is 0 Å². The number of fused-ring (bicyclic) bond motifs is 1. The van der Waals surface area contributed by atoms with Crippen molar-refractivity contribution < 1.29 is 0 Å².